The van der Waals surface area contributed by atoms with Gasteiger partial charge < -0.3 is 15.3 Å². The molecule has 2 heterocycles. The number of carbonyl (C=O) groups excluding carboxylic acids is 1. The summed E-state index contributed by atoms with van der Waals surface area (Å²) in [6.45, 7) is 3.47. The van der Waals surface area contributed by atoms with Crippen LogP contribution in [0.5, 0.6) is 0 Å². The van der Waals surface area contributed by atoms with Crippen LogP contribution in [0.1, 0.15) is 33.7 Å². The van der Waals surface area contributed by atoms with E-state index in [0.29, 0.717) is 12.2 Å². The van der Waals surface area contributed by atoms with E-state index >= 15 is 0 Å². The van der Waals surface area contributed by atoms with Crippen LogP contribution < -0.4 is 5.32 Å². The molecule has 1 aromatic heterocycles. The zero-order chi connectivity index (χ0) is 20.6. The number of aromatic nitrogens is 2. The van der Waals surface area contributed by atoms with Crippen LogP contribution >= 0.6 is 0 Å². The van der Waals surface area contributed by atoms with E-state index in [1.54, 1.807) is 6.07 Å². The molecule has 0 fully saturated rings. The number of aryl methyl sites for hydroxylation is 1. The predicted octanol–water partition coefficient (Wildman–Crippen LogP) is 1.12. The Hall–Kier alpha value is -2.35. The lowest BCUT2D eigenvalue weighted by molar-refractivity contribution is 0.0838. The van der Waals surface area contributed by atoms with Gasteiger partial charge in [0, 0.05) is 31.9 Å². The van der Waals surface area contributed by atoms with Crippen LogP contribution in [0.25, 0.3) is 0 Å². The molecular formula is C22H31N5O2. The quantitative estimate of drug-likeness (QED) is 0.660. The highest BCUT2D eigenvalue weighted by atomic mass is 16.3. The molecule has 2 N–H and O–H groups in total. The van der Waals surface area contributed by atoms with Crippen molar-refractivity contribution in [2.75, 3.05) is 40.3 Å². The Morgan fingerprint density at radius 1 is 1.28 bits per heavy atom. The van der Waals surface area contributed by atoms with Crippen molar-refractivity contribution in [2.45, 2.75) is 31.9 Å². The summed E-state index contributed by atoms with van der Waals surface area (Å²) >= 11 is 0. The third kappa shape index (κ3) is 6.59. The molecule has 0 aliphatic carbocycles. The first-order valence-electron chi connectivity index (χ1n) is 10.2. The Labute approximate surface area is 172 Å². The van der Waals surface area contributed by atoms with E-state index in [9.17, 15) is 9.90 Å². The molecule has 1 aliphatic rings. The third-order valence-corrected chi connectivity index (χ3v) is 5.17. The topological polar surface area (TPSA) is 81.6 Å². The molecule has 0 saturated heterocycles. The molecule has 0 saturated carbocycles. The molecule has 2 aromatic rings. The Bertz CT molecular complexity index is 811. The third-order valence-electron chi connectivity index (χ3n) is 5.17. The summed E-state index contributed by atoms with van der Waals surface area (Å²) in [5, 5.41) is 13.2. The van der Waals surface area contributed by atoms with Crippen LogP contribution in [0.4, 0.5) is 0 Å². The zero-order valence-electron chi connectivity index (χ0n) is 17.3. The van der Waals surface area contributed by atoms with E-state index in [-0.39, 0.29) is 12.5 Å². The number of β-amino-alcohol motifs (C(OH)–C–C–N with tert-alkyl or cyclic N) is 1. The summed E-state index contributed by atoms with van der Waals surface area (Å²) in [5.41, 5.74) is 3.91. The summed E-state index contributed by atoms with van der Waals surface area (Å²) < 4.78 is 0. The zero-order valence-corrected chi connectivity index (χ0v) is 17.3. The molecule has 0 unspecified atom stereocenters. The van der Waals surface area contributed by atoms with E-state index in [1.807, 2.05) is 14.1 Å². The van der Waals surface area contributed by atoms with E-state index in [0.717, 1.165) is 44.6 Å². The second-order valence-electron chi connectivity index (χ2n) is 7.92. The van der Waals surface area contributed by atoms with Crippen molar-refractivity contribution in [3.63, 3.8) is 0 Å². The van der Waals surface area contributed by atoms with Crippen molar-refractivity contribution >= 4 is 5.91 Å². The van der Waals surface area contributed by atoms with E-state index < -0.39 is 6.10 Å². The number of hydrogen-bond acceptors (Lipinski definition) is 6. The van der Waals surface area contributed by atoms with Gasteiger partial charge >= 0.3 is 0 Å². The minimum atomic E-state index is -0.620. The average Bonchev–Trinajstić information content (AvgIpc) is 2.72. The molecule has 7 nitrogen and oxygen atoms in total. The van der Waals surface area contributed by atoms with Crippen LogP contribution in [0.15, 0.2) is 36.7 Å². The number of benzene rings is 1. The van der Waals surface area contributed by atoms with Gasteiger partial charge in [-0.15, -0.1) is 0 Å². The maximum Gasteiger partial charge on any atom is 0.270 e. The predicted molar refractivity (Wildman–Crippen MR) is 113 cm³/mol. The van der Waals surface area contributed by atoms with Crippen molar-refractivity contribution in [2.24, 2.45) is 0 Å². The normalized spacial score (nSPS) is 15.2. The van der Waals surface area contributed by atoms with E-state index in [1.165, 1.54) is 17.5 Å². The molecule has 156 valence electrons. The van der Waals surface area contributed by atoms with Crippen LogP contribution in [0, 0.1) is 0 Å². The lowest BCUT2D eigenvalue weighted by Gasteiger charge is -2.30. The van der Waals surface area contributed by atoms with Gasteiger partial charge in [0.05, 0.1) is 6.10 Å². The number of rotatable bonds is 9. The van der Waals surface area contributed by atoms with Gasteiger partial charge in [0.2, 0.25) is 0 Å². The highest BCUT2D eigenvalue weighted by Crippen LogP contribution is 2.18. The fourth-order valence-corrected chi connectivity index (χ4v) is 3.61. The van der Waals surface area contributed by atoms with Crippen LogP contribution in [-0.4, -0.2) is 77.2 Å². The number of carbonyl (C=O) groups is 1. The molecular weight excluding hydrogens is 366 g/mol. The van der Waals surface area contributed by atoms with Gasteiger partial charge in [0.15, 0.2) is 0 Å². The minimum Gasteiger partial charge on any atom is -0.390 e. The van der Waals surface area contributed by atoms with E-state index in [2.05, 4.69) is 49.4 Å². The Kier molecular flexibility index (Phi) is 7.69. The average molecular weight is 398 g/mol. The van der Waals surface area contributed by atoms with Gasteiger partial charge in [-0.05, 0) is 57.1 Å². The number of nitrogens with zero attached hydrogens (tertiary/aromatic N) is 4. The lowest BCUT2D eigenvalue weighted by atomic mass is 10.00. The molecule has 0 bridgehead atoms. The second-order valence-corrected chi connectivity index (χ2v) is 7.92. The standard InChI is InChI=1S/C22H31N5O2/c1-26(2)10-5-8-19-12-21(25-16-24-19)22(29)23-13-20(28)15-27-11-9-17-6-3-4-7-18(17)14-27/h3-4,6-7,12,16,20,28H,5,8-11,13-15H2,1-2H3,(H,23,29)/t20-/m0/s1. The molecule has 1 atom stereocenters. The number of fused-ring (bicyclic) bond motifs is 1. The SMILES string of the molecule is CN(C)CCCc1cc(C(=O)NC[C@H](O)CN2CCc3ccccc3C2)ncn1. The summed E-state index contributed by atoms with van der Waals surface area (Å²) in [6, 6.07) is 10.2. The van der Waals surface area contributed by atoms with Gasteiger partial charge in [0.1, 0.15) is 12.0 Å². The van der Waals surface area contributed by atoms with Gasteiger partial charge in [-0.3, -0.25) is 9.69 Å². The van der Waals surface area contributed by atoms with Gasteiger partial charge in [-0.2, -0.15) is 0 Å². The Morgan fingerprint density at radius 3 is 2.86 bits per heavy atom. The first-order valence-corrected chi connectivity index (χ1v) is 10.2. The van der Waals surface area contributed by atoms with Gasteiger partial charge in [-0.25, -0.2) is 9.97 Å². The van der Waals surface area contributed by atoms with Crippen LogP contribution in [0.3, 0.4) is 0 Å². The molecule has 3 rings (SSSR count). The molecule has 29 heavy (non-hydrogen) atoms. The lowest BCUT2D eigenvalue weighted by Crippen LogP contribution is -2.42. The first-order chi connectivity index (χ1) is 14.0. The summed E-state index contributed by atoms with van der Waals surface area (Å²) in [5.74, 6) is -0.274. The van der Waals surface area contributed by atoms with Crippen molar-refractivity contribution in [3.8, 4) is 0 Å². The van der Waals surface area contributed by atoms with E-state index in [4.69, 9.17) is 0 Å². The number of aliphatic hydroxyl groups is 1. The van der Waals surface area contributed by atoms with Crippen LogP contribution in [0.2, 0.25) is 0 Å². The van der Waals surface area contributed by atoms with Crippen molar-refractivity contribution in [3.05, 3.63) is 59.2 Å². The monoisotopic (exact) mass is 397 g/mol. The van der Waals surface area contributed by atoms with Gasteiger partial charge in [0.25, 0.3) is 5.91 Å². The highest BCUT2D eigenvalue weighted by Gasteiger charge is 2.19. The minimum absolute atomic E-state index is 0.205. The summed E-state index contributed by atoms with van der Waals surface area (Å²) in [4.78, 5) is 25.1. The Morgan fingerprint density at radius 2 is 2.07 bits per heavy atom. The molecule has 0 radical (unpaired) electrons. The molecule has 0 spiro atoms. The number of aliphatic hydroxyl groups excluding tert-OH is 1. The maximum absolute atomic E-state index is 12.4. The van der Waals surface area contributed by atoms with Crippen LogP contribution in [-0.2, 0) is 19.4 Å². The van der Waals surface area contributed by atoms with Crippen molar-refractivity contribution in [1.29, 1.82) is 0 Å². The first kappa shape index (κ1) is 21.4. The molecule has 1 aromatic carbocycles. The molecule has 7 heteroatoms. The number of nitrogens with one attached hydrogen (secondary N) is 1. The molecule has 1 aliphatic heterocycles. The number of hydrogen-bond donors (Lipinski definition) is 2. The van der Waals surface area contributed by atoms with Crippen molar-refractivity contribution in [1.82, 2.24) is 25.1 Å². The second kappa shape index (κ2) is 10.4. The Balaban J connectivity index is 1.44. The maximum atomic E-state index is 12.4. The fraction of sp³-hybridized carbons (Fsp3) is 0.500. The summed E-state index contributed by atoms with van der Waals surface area (Å²) in [7, 11) is 4.07. The smallest absolute Gasteiger partial charge is 0.270 e. The fourth-order valence-electron chi connectivity index (χ4n) is 3.61. The largest absolute Gasteiger partial charge is 0.390 e. The summed E-state index contributed by atoms with van der Waals surface area (Å²) in [6.07, 6.45) is 3.59. The van der Waals surface area contributed by atoms with Crippen molar-refractivity contribution < 1.29 is 9.90 Å². The highest BCUT2D eigenvalue weighted by molar-refractivity contribution is 5.92. The molecule has 1 amide bonds. The number of amides is 1. The van der Waals surface area contributed by atoms with Gasteiger partial charge in [-0.1, -0.05) is 24.3 Å².